The molecule has 2 aromatic carbocycles. The minimum Gasteiger partial charge on any atom is -0.490 e. The Kier molecular flexibility index (Phi) is 6.13. The third-order valence-corrected chi connectivity index (χ3v) is 4.85. The van der Waals surface area contributed by atoms with Gasteiger partial charge in [0.05, 0.1) is 17.3 Å². The van der Waals surface area contributed by atoms with Crippen LogP contribution in [0.2, 0.25) is 5.02 Å². The predicted octanol–water partition coefficient (Wildman–Crippen LogP) is 3.72. The number of rotatable bonds is 6. The summed E-state index contributed by atoms with van der Waals surface area (Å²) >= 11 is 6.43. The van der Waals surface area contributed by atoms with E-state index in [-0.39, 0.29) is 18.4 Å². The Labute approximate surface area is 175 Å². The zero-order valence-electron chi connectivity index (χ0n) is 16.9. The number of hydrogen-bond donors (Lipinski definition) is 0. The molecule has 0 spiro atoms. The molecule has 0 atom stereocenters. The average Bonchev–Trinajstić information content (AvgIpc) is 2.92. The lowest BCUT2D eigenvalue weighted by atomic mass is 10.0. The average molecular weight is 415 g/mol. The lowest BCUT2D eigenvalue weighted by Gasteiger charge is -2.16. The van der Waals surface area contributed by atoms with Gasteiger partial charge in [-0.2, -0.15) is 0 Å². The van der Waals surface area contributed by atoms with Gasteiger partial charge < -0.3 is 19.3 Å². The maximum Gasteiger partial charge on any atom is 0.259 e. The van der Waals surface area contributed by atoms with Crippen molar-refractivity contribution in [3.05, 3.63) is 52.5 Å². The van der Waals surface area contributed by atoms with Crippen LogP contribution in [0.3, 0.4) is 0 Å². The molecule has 0 aliphatic carbocycles. The van der Waals surface area contributed by atoms with Crippen LogP contribution in [-0.4, -0.2) is 51.1 Å². The van der Waals surface area contributed by atoms with Gasteiger partial charge in [0.25, 0.3) is 11.8 Å². The quantitative estimate of drug-likeness (QED) is 0.676. The normalized spacial score (nSPS) is 14.2. The van der Waals surface area contributed by atoms with Gasteiger partial charge in [-0.15, -0.1) is 0 Å². The molecule has 152 valence electrons. The highest BCUT2D eigenvalue weighted by Gasteiger charge is 2.29. The lowest BCUT2D eigenvalue weighted by Crippen LogP contribution is -2.27. The third kappa shape index (κ3) is 4.22. The molecule has 2 aromatic rings. The smallest absolute Gasteiger partial charge is 0.259 e. The van der Waals surface area contributed by atoms with E-state index < -0.39 is 0 Å². The van der Waals surface area contributed by atoms with Gasteiger partial charge in [0, 0.05) is 32.3 Å². The molecule has 7 heteroatoms. The number of carbonyl (C=O) groups is 2. The molecule has 29 heavy (non-hydrogen) atoms. The monoisotopic (exact) mass is 414 g/mol. The summed E-state index contributed by atoms with van der Waals surface area (Å²) in [5, 5.41) is 0.307. The van der Waals surface area contributed by atoms with E-state index in [9.17, 15) is 9.59 Å². The topological polar surface area (TPSA) is 59.1 Å². The molecule has 0 aromatic heterocycles. The second kappa shape index (κ2) is 8.57. The predicted molar refractivity (Wildman–Crippen MR) is 115 cm³/mol. The zero-order valence-corrected chi connectivity index (χ0v) is 17.6. The van der Waals surface area contributed by atoms with Crippen LogP contribution in [0.25, 0.3) is 11.6 Å². The van der Waals surface area contributed by atoms with Crippen LogP contribution in [0, 0.1) is 0 Å². The van der Waals surface area contributed by atoms with Gasteiger partial charge in [-0.3, -0.25) is 9.59 Å². The van der Waals surface area contributed by atoms with E-state index in [0.717, 1.165) is 11.3 Å². The SMILES string of the molecule is CCOc1cc(/C=C2/C(=O)N(C)c3ccccc32)cc(Cl)c1OCC(=O)N(C)C. The Morgan fingerprint density at radius 2 is 1.93 bits per heavy atom. The van der Waals surface area contributed by atoms with Crippen molar-refractivity contribution in [2.45, 2.75) is 6.92 Å². The molecule has 0 bridgehead atoms. The first kappa shape index (κ1) is 20.7. The summed E-state index contributed by atoms with van der Waals surface area (Å²) in [7, 11) is 5.05. The molecule has 0 saturated heterocycles. The highest BCUT2D eigenvalue weighted by atomic mass is 35.5. The number of benzene rings is 2. The molecule has 2 amide bonds. The molecule has 0 radical (unpaired) electrons. The molecule has 1 aliphatic rings. The van der Waals surface area contributed by atoms with Crippen LogP contribution < -0.4 is 14.4 Å². The van der Waals surface area contributed by atoms with Crippen LogP contribution >= 0.6 is 11.6 Å². The molecular weight excluding hydrogens is 392 g/mol. The van der Waals surface area contributed by atoms with Crippen molar-refractivity contribution in [2.24, 2.45) is 0 Å². The maximum absolute atomic E-state index is 12.7. The fraction of sp³-hybridized carbons (Fsp3) is 0.273. The number of halogens is 1. The van der Waals surface area contributed by atoms with Crippen molar-refractivity contribution in [3.63, 3.8) is 0 Å². The van der Waals surface area contributed by atoms with Crippen molar-refractivity contribution in [1.82, 2.24) is 4.90 Å². The van der Waals surface area contributed by atoms with Crippen molar-refractivity contribution in [3.8, 4) is 11.5 Å². The van der Waals surface area contributed by atoms with Gasteiger partial charge in [-0.05, 0) is 36.8 Å². The van der Waals surface area contributed by atoms with E-state index in [4.69, 9.17) is 21.1 Å². The summed E-state index contributed by atoms with van der Waals surface area (Å²) in [6.45, 7) is 2.10. The molecule has 1 heterocycles. The number of para-hydroxylation sites is 1. The largest absolute Gasteiger partial charge is 0.490 e. The van der Waals surface area contributed by atoms with Crippen molar-refractivity contribution >= 4 is 40.8 Å². The van der Waals surface area contributed by atoms with E-state index in [0.29, 0.717) is 34.3 Å². The maximum atomic E-state index is 12.7. The molecule has 1 aliphatic heterocycles. The number of ether oxygens (including phenoxy) is 2. The minimum absolute atomic E-state index is 0.0859. The van der Waals surface area contributed by atoms with Crippen molar-refractivity contribution in [1.29, 1.82) is 0 Å². The van der Waals surface area contributed by atoms with Crippen LogP contribution in [0.1, 0.15) is 18.1 Å². The van der Waals surface area contributed by atoms with E-state index >= 15 is 0 Å². The number of likely N-dealkylation sites (N-methyl/N-ethyl adjacent to an activating group) is 2. The standard InChI is InChI=1S/C22H23ClN2O4/c1-5-28-19-12-14(11-17(23)21(19)29-13-20(26)24(2)3)10-16-15-8-6-7-9-18(15)25(4)22(16)27/h6-12H,5,13H2,1-4H3/b16-10+. The summed E-state index contributed by atoms with van der Waals surface area (Å²) in [5.74, 6) is 0.453. The van der Waals surface area contributed by atoms with Crippen LogP contribution in [0.4, 0.5) is 5.69 Å². The number of hydrogen-bond acceptors (Lipinski definition) is 4. The summed E-state index contributed by atoms with van der Waals surface area (Å²) in [4.78, 5) is 27.6. The minimum atomic E-state index is -0.189. The number of amides is 2. The summed E-state index contributed by atoms with van der Waals surface area (Å²) in [6, 6.07) is 11.1. The van der Waals surface area contributed by atoms with Crippen LogP contribution in [0.15, 0.2) is 36.4 Å². The summed E-state index contributed by atoms with van der Waals surface area (Å²) < 4.78 is 11.3. The van der Waals surface area contributed by atoms with Crippen molar-refractivity contribution < 1.29 is 19.1 Å². The number of fused-ring (bicyclic) bond motifs is 1. The second-order valence-electron chi connectivity index (χ2n) is 6.78. The van der Waals surface area contributed by atoms with Gasteiger partial charge in [0.2, 0.25) is 0 Å². The molecule has 0 unspecified atom stereocenters. The first-order chi connectivity index (χ1) is 13.8. The van der Waals surface area contributed by atoms with E-state index in [2.05, 4.69) is 0 Å². The van der Waals surface area contributed by atoms with Gasteiger partial charge in [-0.1, -0.05) is 29.8 Å². The first-order valence-electron chi connectivity index (χ1n) is 9.22. The Morgan fingerprint density at radius 3 is 2.62 bits per heavy atom. The molecule has 0 N–H and O–H groups in total. The molecule has 3 rings (SSSR count). The highest BCUT2D eigenvalue weighted by Crippen LogP contribution is 2.40. The first-order valence-corrected chi connectivity index (χ1v) is 9.59. The summed E-state index contributed by atoms with van der Waals surface area (Å²) in [6.07, 6.45) is 1.79. The Morgan fingerprint density at radius 1 is 1.21 bits per heavy atom. The Bertz CT molecular complexity index is 985. The van der Waals surface area contributed by atoms with Gasteiger partial charge in [0.1, 0.15) is 0 Å². The third-order valence-electron chi connectivity index (χ3n) is 4.57. The Hall–Kier alpha value is -2.99. The Balaban J connectivity index is 1.98. The second-order valence-corrected chi connectivity index (χ2v) is 7.19. The lowest BCUT2D eigenvalue weighted by molar-refractivity contribution is -0.130. The fourth-order valence-electron chi connectivity index (χ4n) is 3.04. The number of anilines is 1. The zero-order chi connectivity index (χ0) is 21.1. The van der Waals surface area contributed by atoms with Gasteiger partial charge in [-0.25, -0.2) is 0 Å². The number of carbonyl (C=O) groups excluding carboxylic acids is 2. The number of nitrogens with zero attached hydrogens (tertiary/aromatic N) is 2. The summed E-state index contributed by atoms with van der Waals surface area (Å²) in [5.41, 5.74) is 3.02. The van der Waals surface area contributed by atoms with E-state index in [1.54, 1.807) is 44.3 Å². The van der Waals surface area contributed by atoms with Gasteiger partial charge in [0.15, 0.2) is 18.1 Å². The van der Waals surface area contributed by atoms with E-state index in [1.807, 2.05) is 31.2 Å². The van der Waals surface area contributed by atoms with Gasteiger partial charge >= 0.3 is 0 Å². The molecule has 0 saturated carbocycles. The highest BCUT2D eigenvalue weighted by molar-refractivity contribution is 6.36. The molecule has 6 nitrogen and oxygen atoms in total. The van der Waals surface area contributed by atoms with E-state index in [1.165, 1.54) is 4.90 Å². The molecular formula is C22H23ClN2O4. The molecule has 0 fully saturated rings. The van der Waals surface area contributed by atoms with Crippen molar-refractivity contribution in [2.75, 3.05) is 39.3 Å². The van der Waals surface area contributed by atoms with Crippen LogP contribution in [0.5, 0.6) is 11.5 Å². The van der Waals surface area contributed by atoms with Crippen LogP contribution in [-0.2, 0) is 9.59 Å². The fourth-order valence-corrected chi connectivity index (χ4v) is 3.32.